The van der Waals surface area contributed by atoms with Gasteiger partial charge in [0.05, 0.1) is 0 Å². The third kappa shape index (κ3) is 7.67. The molecule has 1 N–H and O–H groups in total. The van der Waals surface area contributed by atoms with Crippen molar-refractivity contribution in [2.75, 3.05) is 24.5 Å². The number of hydrogen-bond acceptors (Lipinski definition) is 5. The summed E-state index contributed by atoms with van der Waals surface area (Å²) in [5.41, 5.74) is 2.47. The van der Waals surface area contributed by atoms with Gasteiger partial charge in [0, 0.05) is 44.0 Å². The summed E-state index contributed by atoms with van der Waals surface area (Å²) < 4.78 is 4.54. The van der Waals surface area contributed by atoms with Crippen LogP contribution in [-0.4, -0.2) is 34.9 Å². The number of carbonyl (C=O) groups is 1. The molecule has 0 saturated heterocycles. The average Bonchev–Trinajstić information content (AvgIpc) is 3.09. The lowest BCUT2D eigenvalue weighted by Gasteiger charge is -2.23. The molecule has 27 heavy (non-hydrogen) atoms. The number of aryl methyl sites for hydroxylation is 1. The monoisotopic (exact) mass is 388 g/mol. The van der Waals surface area contributed by atoms with Crippen molar-refractivity contribution < 1.29 is 4.79 Å². The highest BCUT2D eigenvalue weighted by molar-refractivity contribution is 7.09. The van der Waals surface area contributed by atoms with E-state index in [1.54, 1.807) is 0 Å². The van der Waals surface area contributed by atoms with Gasteiger partial charge in [-0.1, -0.05) is 57.0 Å². The number of nitrogens with zero attached hydrogens (tertiary/aromatic N) is 3. The molecule has 0 saturated carbocycles. The van der Waals surface area contributed by atoms with Crippen molar-refractivity contribution in [1.82, 2.24) is 14.7 Å². The van der Waals surface area contributed by atoms with Gasteiger partial charge in [0.15, 0.2) is 0 Å². The van der Waals surface area contributed by atoms with Crippen molar-refractivity contribution in [3.8, 4) is 0 Å². The predicted octanol–water partition coefficient (Wildman–Crippen LogP) is 4.21. The number of nitrogens with one attached hydrogen (secondary N) is 1. The van der Waals surface area contributed by atoms with Crippen LogP contribution in [0.2, 0.25) is 0 Å². The number of unbranched alkanes of at least 4 members (excludes halogenated alkanes) is 1. The molecule has 0 bridgehead atoms. The minimum atomic E-state index is 0.113. The Morgan fingerprint density at radius 1 is 1.26 bits per heavy atom. The Kier molecular flexibility index (Phi) is 8.72. The highest BCUT2D eigenvalue weighted by Crippen LogP contribution is 2.20. The number of rotatable bonds is 11. The van der Waals surface area contributed by atoms with E-state index >= 15 is 0 Å². The third-order valence-corrected chi connectivity index (χ3v) is 5.07. The van der Waals surface area contributed by atoms with Gasteiger partial charge in [-0.05, 0) is 24.8 Å². The van der Waals surface area contributed by atoms with E-state index in [2.05, 4.69) is 66.6 Å². The molecule has 0 atom stereocenters. The molecule has 148 valence electrons. The molecular weight excluding hydrogens is 356 g/mol. The van der Waals surface area contributed by atoms with Crippen molar-refractivity contribution in [3.63, 3.8) is 0 Å². The summed E-state index contributed by atoms with van der Waals surface area (Å²) in [6.07, 6.45) is 3.35. The van der Waals surface area contributed by atoms with Crippen LogP contribution >= 0.6 is 11.5 Å². The fourth-order valence-corrected chi connectivity index (χ4v) is 3.49. The van der Waals surface area contributed by atoms with E-state index in [4.69, 9.17) is 4.98 Å². The van der Waals surface area contributed by atoms with Gasteiger partial charge in [0.1, 0.15) is 5.82 Å². The van der Waals surface area contributed by atoms with Gasteiger partial charge < -0.3 is 10.2 Å². The zero-order valence-corrected chi connectivity index (χ0v) is 17.8. The van der Waals surface area contributed by atoms with E-state index in [0.29, 0.717) is 18.9 Å². The van der Waals surface area contributed by atoms with Gasteiger partial charge in [0.25, 0.3) is 0 Å². The van der Waals surface area contributed by atoms with Crippen molar-refractivity contribution in [2.45, 2.75) is 53.4 Å². The van der Waals surface area contributed by atoms with E-state index in [-0.39, 0.29) is 5.91 Å². The van der Waals surface area contributed by atoms with Gasteiger partial charge in [-0.15, -0.1) is 0 Å². The second kappa shape index (κ2) is 11.0. The molecule has 0 aliphatic heterocycles. The van der Waals surface area contributed by atoms with Crippen LogP contribution in [0.4, 0.5) is 5.13 Å². The van der Waals surface area contributed by atoms with Gasteiger partial charge in [-0.3, -0.25) is 4.79 Å². The molecule has 5 nitrogen and oxygen atoms in total. The number of anilines is 1. The molecule has 1 heterocycles. The first-order valence-corrected chi connectivity index (χ1v) is 10.6. The molecule has 1 aromatic heterocycles. The van der Waals surface area contributed by atoms with Gasteiger partial charge in [-0.25, -0.2) is 4.98 Å². The molecule has 0 unspecified atom stereocenters. The second-order valence-corrected chi connectivity index (χ2v) is 8.18. The maximum atomic E-state index is 12.0. The number of amides is 1. The van der Waals surface area contributed by atoms with Crippen molar-refractivity contribution in [1.29, 1.82) is 0 Å². The normalized spacial score (nSPS) is 11.0. The lowest BCUT2D eigenvalue weighted by molar-refractivity contribution is -0.120. The van der Waals surface area contributed by atoms with Crippen LogP contribution in [0.15, 0.2) is 24.3 Å². The first-order valence-electron chi connectivity index (χ1n) is 9.87. The highest BCUT2D eigenvalue weighted by Gasteiger charge is 2.16. The first-order chi connectivity index (χ1) is 13.0. The lowest BCUT2D eigenvalue weighted by atomic mass is 10.1. The van der Waals surface area contributed by atoms with Gasteiger partial charge in [0.2, 0.25) is 11.0 Å². The van der Waals surface area contributed by atoms with Crippen LogP contribution in [-0.2, 0) is 11.2 Å². The molecule has 2 aromatic rings. The molecule has 6 heteroatoms. The van der Waals surface area contributed by atoms with Crippen LogP contribution < -0.4 is 10.2 Å². The first kappa shape index (κ1) is 21.4. The Balaban J connectivity index is 1.96. The van der Waals surface area contributed by atoms with E-state index in [1.165, 1.54) is 22.7 Å². The minimum absolute atomic E-state index is 0.113. The second-order valence-electron chi connectivity index (χ2n) is 7.45. The summed E-state index contributed by atoms with van der Waals surface area (Å²) in [5.74, 6) is 1.46. The zero-order valence-electron chi connectivity index (χ0n) is 17.0. The van der Waals surface area contributed by atoms with E-state index in [9.17, 15) is 4.79 Å². The lowest BCUT2D eigenvalue weighted by Crippen LogP contribution is -2.33. The van der Waals surface area contributed by atoms with E-state index < -0.39 is 0 Å². The van der Waals surface area contributed by atoms with Crippen LogP contribution in [0.1, 0.15) is 57.0 Å². The molecule has 0 aliphatic rings. The standard InChI is InChI=1S/C21H32N4OS/c1-5-6-12-22-20(26)11-13-25(15-16(2)3)21-23-19(24-27-21)14-18-9-7-17(4)8-10-18/h7-10,16H,5-6,11-15H2,1-4H3,(H,22,26). The van der Waals surface area contributed by atoms with Crippen LogP contribution in [0.5, 0.6) is 0 Å². The molecule has 0 radical (unpaired) electrons. The number of hydrogen-bond donors (Lipinski definition) is 1. The molecule has 2 rings (SSSR count). The fourth-order valence-electron chi connectivity index (χ4n) is 2.77. The maximum Gasteiger partial charge on any atom is 0.221 e. The van der Waals surface area contributed by atoms with Crippen LogP contribution in [0.3, 0.4) is 0 Å². The summed E-state index contributed by atoms with van der Waals surface area (Å²) in [4.78, 5) is 19.0. The molecule has 1 amide bonds. The summed E-state index contributed by atoms with van der Waals surface area (Å²) in [6, 6.07) is 8.49. The quantitative estimate of drug-likeness (QED) is 0.586. The minimum Gasteiger partial charge on any atom is -0.356 e. The summed E-state index contributed by atoms with van der Waals surface area (Å²) in [7, 11) is 0. The van der Waals surface area contributed by atoms with Gasteiger partial charge in [-0.2, -0.15) is 4.37 Å². The van der Waals surface area contributed by atoms with Gasteiger partial charge >= 0.3 is 0 Å². The topological polar surface area (TPSA) is 58.1 Å². The molecule has 1 aromatic carbocycles. The van der Waals surface area contributed by atoms with Crippen LogP contribution in [0, 0.1) is 12.8 Å². The molecule has 0 spiro atoms. The van der Waals surface area contributed by atoms with Crippen molar-refractivity contribution >= 4 is 22.6 Å². The zero-order chi connectivity index (χ0) is 19.6. The number of aromatic nitrogens is 2. The summed E-state index contributed by atoms with van der Waals surface area (Å²) >= 11 is 1.43. The van der Waals surface area contributed by atoms with Crippen LogP contribution in [0.25, 0.3) is 0 Å². The number of carbonyl (C=O) groups excluding carboxylic acids is 1. The molecule has 0 aliphatic carbocycles. The Morgan fingerprint density at radius 2 is 2.00 bits per heavy atom. The fraction of sp³-hybridized carbons (Fsp3) is 0.571. The van der Waals surface area contributed by atoms with E-state index in [0.717, 1.165) is 43.3 Å². The number of benzene rings is 1. The predicted molar refractivity (Wildman–Crippen MR) is 113 cm³/mol. The summed E-state index contributed by atoms with van der Waals surface area (Å²) in [5, 5.41) is 3.90. The highest BCUT2D eigenvalue weighted by atomic mass is 32.1. The van der Waals surface area contributed by atoms with Crippen molar-refractivity contribution in [3.05, 3.63) is 41.2 Å². The SMILES string of the molecule is CCCCNC(=O)CCN(CC(C)C)c1nc(Cc2ccc(C)cc2)ns1. The van der Waals surface area contributed by atoms with E-state index in [1.807, 2.05) is 0 Å². The average molecular weight is 389 g/mol. The summed E-state index contributed by atoms with van der Waals surface area (Å²) in [6.45, 7) is 10.9. The Bertz CT molecular complexity index is 696. The smallest absolute Gasteiger partial charge is 0.221 e. The van der Waals surface area contributed by atoms with Crippen molar-refractivity contribution in [2.24, 2.45) is 5.92 Å². The Hall–Kier alpha value is -1.95. The Morgan fingerprint density at radius 3 is 2.67 bits per heavy atom. The Labute approximate surface area is 167 Å². The third-order valence-electron chi connectivity index (χ3n) is 4.26. The molecule has 0 fully saturated rings. The largest absolute Gasteiger partial charge is 0.356 e. The maximum absolute atomic E-state index is 12.0. The molecular formula is C21H32N4OS.